The lowest BCUT2D eigenvalue weighted by Crippen LogP contribution is -2.34. The number of amides is 2. The second-order valence-corrected chi connectivity index (χ2v) is 6.24. The lowest BCUT2D eigenvalue weighted by Gasteiger charge is -2.19. The molecule has 0 aliphatic carbocycles. The number of non-ortho nitro benzene ring substituents is 1. The van der Waals surface area contributed by atoms with Crippen molar-refractivity contribution < 1.29 is 19.2 Å². The van der Waals surface area contributed by atoms with E-state index in [1.807, 2.05) is 0 Å². The lowest BCUT2D eigenvalue weighted by molar-refractivity contribution is -0.385. The predicted molar refractivity (Wildman–Crippen MR) is 99.1 cm³/mol. The SMILES string of the molecule is C[C@@H](OC(=O)C[C@@H](NC(N)=O)c1ccc(Cl)cc1)c1cccc([N+](=O)[O-])c1. The van der Waals surface area contributed by atoms with E-state index in [1.54, 1.807) is 37.3 Å². The number of ether oxygens (including phenoxy) is 1. The second-order valence-electron chi connectivity index (χ2n) is 5.80. The summed E-state index contributed by atoms with van der Waals surface area (Å²) in [7, 11) is 0. The monoisotopic (exact) mass is 391 g/mol. The summed E-state index contributed by atoms with van der Waals surface area (Å²) in [6.45, 7) is 1.61. The number of carbonyl (C=O) groups excluding carboxylic acids is 2. The fraction of sp³-hybridized carbons (Fsp3) is 0.222. The molecule has 142 valence electrons. The highest BCUT2D eigenvalue weighted by molar-refractivity contribution is 6.30. The number of nitro benzene ring substituents is 1. The topological polar surface area (TPSA) is 125 Å². The van der Waals surface area contributed by atoms with Crippen molar-refractivity contribution in [3.8, 4) is 0 Å². The maximum Gasteiger partial charge on any atom is 0.312 e. The average Bonchev–Trinajstić information content (AvgIpc) is 2.61. The van der Waals surface area contributed by atoms with Gasteiger partial charge in [0.15, 0.2) is 0 Å². The molecule has 8 nitrogen and oxygen atoms in total. The molecule has 2 amide bonds. The van der Waals surface area contributed by atoms with Gasteiger partial charge in [-0.15, -0.1) is 0 Å². The van der Waals surface area contributed by atoms with Gasteiger partial charge in [-0.1, -0.05) is 35.9 Å². The smallest absolute Gasteiger partial charge is 0.312 e. The third-order valence-electron chi connectivity index (χ3n) is 3.82. The van der Waals surface area contributed by atoms with Crippen molar-refractivity contribution >= 4 is 29.3 Å². The Balaban J connectivity index is 2.08. The molecule has 0 saturated carbocycles. The van der Waals surface area contributed by atoms with Crippen LogP contribution in [0.1, 0.15) is 36.6 Å². The number of nitro groups is 1. The van der Waals surface area contributed by atoms with Crippen molar-refractivity contribution in [3.63, 3.8) is 0 Å². The lowest BCUT2D eigenvalue weighted by atomic mass is 10.0. The Morgan fingerprint density at radius 2 is 1.89 bits per heavy atom. The van der Waals surface area contributed by atoms with Crippen molar-refractivity contribution in [2.75, 3.05) is 0 Å². The minimum absolute atomic E-state index is 0.0927. The molecule has 2 atom stereocenters. The molecule has 2 aromatic carbocycles. The summed E-state index contributed by atoms with van der Waals surface area (Å²) >= 11 is 5.85. The Morgan fingerprint density at radius 3 is 2.48 bits per heavy atom. The number of nitrogens with zero attached hydrogens (tertiary/aromatic N) is 1. The van der Waals surface area contributed by atoms with E-state index in [9.17, 15) is 19.7 Å². The molecule has 0 unspecified atom stereocenters. The quantitative estimate of drug-likeness (QED) is 0.423. The van der Waals surface area contributed by atoms with Gasteiger partial charge < -0.3 is 15.8 Å². The highest BCUT2D eigenvalue weighted by Crippen LogP contribution is 2.24. The molecule has 27 heavy (non-hydrogen) atoms. The van der Waals surface area contributed by atoms with E-state index >= 15 is 0 Å². The van der Waals surface area contributed by atoms with Crippen molar-refractivity contribution in [1.82, 2.24) is 5.32 Å². The number of rotatable bonds is 7. The van der Waals surface area contributed by atoms with E-state index in [2.05, 4.69) is 5.32 Å². The normalized spacial score (nSPS) is 12.7. The molecule has 3 N–H and O–H groups in total. The number of hydrogen-bond donors (Lipinski definition) is 2. The summed E-state index contributed by atoms with van der Waals surface area (Å²) in [5.74, 6) is -0.595. The number of primary amides is 1. The first-order chi connectivity index (χ1) is 12.8. The fourth-order valence-electron chi connectivity index (χ4n) is 2.49. The molecule has 0 aliphatic heterocycles. The van der Waals surface area contributed by atoms with Crippen molar-refractivity contribution in [2.45, 2.75) is 25.5 Å². The van der Waals surface area contributed by atoms with Gasteiger partial charge >= 0.3 is 12.0 Å². The number of hydrogen-bond acceptors (Lipinski definition) is 5. The molecule has 0 fully saturated rings. The van der Waals surface area contributed by atoms with Crippen LogP contribution in [0, 0.1) is 10.1 Å². The Hall–Kier alpha value is -3.13. The largest absolute Gasteiger partial charge is 0.458 e. The van der Waals surface area contributed by atoms with Crippen LogP contribution in [0.3, 0.4) is 0 Å². The number of benzene rings is 2. The average molecular weight is 392 g/mol. The van der Waals surface area contributed by atoms with Crippen molar-refractivity contribution in [1.29, 1.82) is 0 Å². The van der Waals surface area contributed by atoms with E-state index in [-0.39, 0.29) is 12.1 Å². The van der Waals surface area contributed by atoms with Gasteiger partial charge in [-0.05, 0) is 30.2 Å². The van der Waals surface area contributed by atoms with E-state index in [0.29, 0.717) is 16.1 Å². The highest BCUT2D eigenvalue weighted by atomic mass is 35.5. The molecule has 0 aliphatic rings. The number of nitrogens with one attached hydrogen (secondary N) is 1. The van der Waals surface area contributed by atoms with Crippen LogP contribution in [0.25, 0.3) is 0 Å². The molecule has 0 radical (unpaired) electrons. The van der Waals surface area contributed by atoms with Crippen LogP contribution >= 0.6 is 11.6 Å². The predicted octanol–water partition coefficient (Wildman–Crippen LogP) is 3.65. The zero-order valence-electron chi connectivity index (χ0n) is 14.4. The van der Waals surface area contributed by atoms with Gasteiger partial charge in [0.1, 0.15) is 6.10 Å². The zero-order chi connectivity index (χ0) is 20.0. The van der Waals surface area contributed by atoms with Gasteiger partial charge in [-0.2, -0.15) is 0 Å². The Morgan fingerprint density at radius 1 is 1.22 bits per heavy atom. The first kappa shape index (κ1) is 20.2. The summed E-state index contributed by atoms with van der Waals surface area (Å²) in [5, 5.41) is 13.9. The number of nitrogens with two attached hydrogens (primary N) is 1. The van der Waals surface area contributed by atoms with E-state index in [0.717, 1.165) is 0 Å². The van der Waals surface area contributed by atoms with Gasteiger partial charge in [0.05, 0.1) is 17.4 Å². The molecule has 9 heteroatoms. The summed E-state index contributed by atoms with van der Waals surface area (Å²) in [5.41, 5.74) is 6.22. The number of carbonyl (C=O) groups is 2. The molecule has 2 rings (SSSR count). The van der Waals surface area contributed by atoms with Crippen LogP contribution < -0.4 is 11.1 Å². The first-order valence-corrected chi connectivity index (χ1v) is 8.39. The summed E-state index contributed by atoms with van der Waals surface area (Å²) in [6, 6.07) is 11.0. The summed E-state index contributed by atoms with van der Waals surface area (Å²) in [4.78, 5) is 33.9. The summed E-state index contributed by atoms with van der Waals surface area (Å²) in [6.07, 6.45) is -0.860. The minimum atomic E-state index is -0.783. The Bertz CT molecular complexity index is 841. The minimum Gasteiger partial charge on any atom is -0.458 e. The van der Waals surface area contributed by atoms with Crippen molar-refractivity contribution in [3.05, 3.63) is 74.8 Å². The number of urea groups is 1. The second kappa shape index (κ2) is 9.00. The zero-order valence-corrected chi connectivity index (χ0v) is 15.2. The van der Waals surface area contributed by atoms with Gasteiger partial charge in [0.25, 0.3) is 5.69 Å². The van der Waals surface area contributed by atoms with E-state index in [1.165, 1.54) is 18.2 Å². The highest BCUT2D eigenvalue weighted by Gasteiger charge is 2.21. The standard InChI is InChI=1S/C18H18ClN3O5/c1-11(13-3-2-4-15(9-13)22(25)26)27-17(23)10-16(21-18(20)24)12-5-7-14(19)8-6-12/h2-9,11,16H,10H2,1H3,(H3,20,21,24)/t11-,16-/m1/s1. The molecule has 0 heterocycles. The number of halogens is 1. The van der Waals surface area contributed by atoms with E-state index in [4.69, 9.17) is 22.1 Å². The third-order valence-corrected chi connectivity index (χ3v) is 4.07. The third kappa shape index (κ3) is 5.96. The van der Waals surface area contributed by atoms with Crippen molar-refractivity contribution in [2.24, 2.45) is 5.73 Å². The van der Waals surface area contributed by atoms with E-state index < -0.39 is 29.1 Å². The Kier molecular flexibility index (Phi) is 6.73. The van der Waals surface area contributed by atoms with Crippen LogP contribution in [-0.4, -0.2) is 16.9 Å². The molecule has 0 saturated heterocycles. The van der Waals surface area contributed by atoms with Crippen LogP contribution in [-0.2, 0) is 9.53 Å². The molecular formula is C18H18ClN3O5. The molecule has 0 spiro atoms. The maximum atomic E-state index is 12.3. The van der Waals surface area contributed by atoms with Crippen LogP contribution in [0.15, 0.2) is 48.5 Å². The van der Waals surface area contributed by atoms with Gasteiger partial charge in [-0.25, -0.2) is 4.79 Å². The van der Waals surface area contributed by atoms with Gasteiger partial charge in [-0.3, -0.25) is 14.9 Å². The van der Waals surface area contributed by atoms with Crippen LogP contribution in [0.2, 0.25) is 5.02 Å². The van der Waals surface area contributed by atoms with Gasteiger partial charge in [0, 0.05) is 17.2 Å². The summed E-state index contributed by atoms with van der Waals surface area (Å²) < 4.78 is 5.35. The molecular weight excluding hydrogens is 374 g/mol. The van der Waals surface area contributed by atoms with Gasteiger partial charge in [0.2, 0.25) is 0 Å². The molecule has 0 bridgehead atoms. The van der Waals surface area contributed by atoms with Crippen LogP contribution in [0.4, 0.5) is 10.5 Å². The number of esters is 1. The molecule has 2 aromatic rings. The first-order valence-electron chi connectivity index (χ1n) is 8.01. The maximum absolute atomic E-state index is 12.3. The fourth-order valence-corrected chi connectivity index (χ4v) is 2.62. The molecule has 0 aromatic heterocycles. The van der Waals surface area contributed by atoms with Crippen LogP contribution in [0.5, 0.6) is 0 Å². The Labute approximate surface area is 160 Å².